The third-order valence-electron chi connectivity index (χ3n) is 5.67. The molecule has 0 heterocycles. The van der Waals surface area contributed by atoms with Crippen LogP contribution in [0.1, 0.15) is 59.8 Å². The second-order valence-electron chi connectivity index (χ2n) is 6.95. The Kier molecular flexibility index (Phi) is 2.81. The van der Waals surface area contributed by atoms with Crippen LogP contribution in [0.25, 0.3) is 0 Å². The summed E-state index contributed by atoms with van der Waals surface area (Å²) in [5.74, 6) is 2.65. The Morgan fingerprint density at radius 3 is 2.19 bits per heavy atom. The fourth-order valence-electron chi connectivity index (χ4n) is 3.71. The van der Waals surface area contributed by atoms with Crippen molar-refractivity contribution in [2.75, 3.05) is 0 Å². The average molecular weight is 219 g/mol. The normalized spacial score (nSPS) is 43.1. The van der Waals surface area contributed by atoms with Crippen molar-refractivity contribution in [2.24, 2.45) is 28.6 Å². The van der Waals surface area contributed by atoms with E-state index in [0.717, 1.165) is 37.0 Å². The van der Waals surface area contributed by atoms with Gasteiger partial charge in [0.2, 0.25) is 0 Å². The molecule has 0 N–H and O–H groups in total. The van der Waals surface area contributed by atoms with Gasteiger partial charge in [0.15, 0.2) is 0 Å². The average Bonchev–Trinajstić information content (AvgIpc) is 2.12. The highest BCUT2D eigenvalue weighted by atomic mass is 14.6. The second kappa shape index (κ2) is 3.76. The van der Waals surface area contributed by atoms with Crippen molar-refractivity contribution in [3.05, 3.63) is 0 Å². The number of hydrogen-bond acceptors (Lipinski definition) is 1. The van der Waals surface area contributed by atoms with E-state index in [1.165, 1.54) is 12.8 Å². The zero-order valence-electron chi connectivity index (χ0n) is 11.2. The molecule has 0 radical (unpaired) electrons. The van der Waals surface area contributed by atoms with Gasteiger partial charge in [-0.2, -0.15) is 5.26 Å². The van der Waals surface area contributed by atoms with Crippen molar-refractivity contribution in [1.82, 2.24) is 0 Å². The van der Waals surface area contributed by atoms with Crippen LogP contribution in [-0.4, -0.2) is 0 Å². The Morgan fingerprint density at radius 2 is 1.81 bits per heavy atom. The lowest BCUT2D eigenvalue weighted by molar-refractivity contribution is -0.0582. The van der Waals surface area contributed by atoms with Gasteiger partial charge in [-0.25, -0.2) is 0 Å². The summed E-state index contributed by atoms with van der Waals surface area (Å²) in [6, 6.07) is 2.55. The molecular formula is C15H25N. The van der Waals surface area contributed by atoms with Crippen molar-refractivity contribution in [2.45, 2.75) is 59.8 Å². The first-order valence-corrected chi connectivity index (χ1v) is 6.85. The Labute approximate surface area is 100 Å². The monoisotopic (exact) mass is 219 g/mol. The molecule has 0 saturated heterocycles. The maximum Gasteiger partial charge on any atom is 0.0689 e. The standard InChI is InChI=1S/C15H25N/c1-5-15(10-16)8-13(9-15)14(3,4)12-6-11(2)7-12/h11-13H,5-9H2,1-4H3/t11-,12+,13?,15?. The first kappa shape index (κ1) is 12.0. The summed E-state index contributed by atoms with van der Waals surface area (Å²) >= 11 is 0. The van der Waals surface area contributed by atoms with Crippen LogP contribution in [0.15, 0.2) is 0 Å². The minimum Gasteiger partial charge on any atom is -0.198 e. The molecule has 0 unspecified atom stereocenters. The van der Waals surface area contributed by atoms with Crippen LogP contribution in [0, 0.1) is 39.9 Å². The molecule has 0 aliphatic heterocycles. The Bertz CT molecular complexity index is 298. The van der Waals surface area contributed by atoms with E-state index < -0.39 is 0 Å². The van der Waals surface area contributed by atoms with E-state index in [2.05, 4.69) is 33.8 Å². The summed E-state index contributed by atoms with van der Waals surface area (Å²) in [5, 5.41) is 9.22. The maximum atomic E-state index is 9.22. The molecule has 1 heteroatoms. The van der Waals surface area contributed by atoms with Crippen molar-refractivity contribution < 1.29 is 0 Å². The largest absolute Gasteiger partial charge is 0.198 e. The highest BCUT2D eigenvalue weighted by Gasteiger charge is 2.53. The van der Waals surface area contributed by atoms with Gasteiger partial charge in [-0.3, -0.25) is 0 Å². The molecule has 0 aromatic heterocycles. The summed E-state index contributed by atoms with van der Waals surface area (Å²) in [5.41, 5.74) is 0.513. The summed E-state index contributed by atoms with van der Waals surface area (Å²) in [7, 11) is 0. The van der Waals surface area contributed by atoms with Crippen molar-refractivity contribution >= 4 is 0 Å². The lowest BCUT2D eigenvalue weighted by Gasteiger charge is -2.56. The van der Waals surface area contributed by atoms with E-state index in [1.54, 1.807) is 0 Å². The minimum atomic E-state index is 0.0390. The van der Waals surface area contributed by atoms with E-state index >= 15 is 0 Å². The number of nitriles is 1. The lowest BCUT2D eigenvalue weighted by atomic mass is 9.48. The molecule has 0 atom stereocenters. The van der Waals surface area contributed by atoms with Gasteiger partial charge in [-0.15, -0.1) is 0 Å². The lowest BCUT2D eigenvalue weighted by Crippen LogP contribution is -2.48. The predicted molar refractivity (Wildman–Crippen MR) is 66.7 cm³/mol. The SMILES string of the molecule is CCC1(C#N)CC(C(C)(C)[C@H]2C[C@@H](C)C2)C1. The van der Waals surface area contributed by atoms with Gasteiger partial charge in [0.05, 0.1) is 11.5 Å². The summed E-state index contributed by atoms with van der Waals surface area (Å²) < 4.78 is 0. The molecule has 0 amide bonds. The van der Waals surface area contributed by atoms with Crippen molar-refractivity contribution in [3.63, 3.8) is 0 Å². The molecule has 1 nitrogen and oxygen atoms in total. The molecule has 2 rings (SSSR count). The first-order chi connectivity index (χ1) is 7.43. The van der Waals surface area contributed by atoms with Gasteiger partial charge in [0.1, 0.15) is 0 Å². The van der Waals surface area contributed by atoms with Gasteiger partial charge in [0.25, 0.3) is 0 Å². The fourth-order valence-corrected chi connectivity index (χ4v) is 3.71. The smallest absolute Gasteiger partial charge is 0.0689 e. The van der Waals surface area contributed by atoms with Crippen molar-refractivity contribution in [3.8, 4) is 6.07 Å². The fraction of sp³-hybridized carbons (Fsp3) is 0.933. The van der Waals surface area contributed by atoms with Crippen LogP contribution in [-0.2, 0) is 0 Å². The van der Waals surface area contributed by atoms with Gasteiger partial charge >= 0.3 is 0 Å². The van der Waals surface area contributed by atoms with Crippen LogP contribution >= 0.6 is 0 Å². The molecule has 2 fully saturated rings. The van der Waals surface area contributed by atoms with Gasteiger partial charge in [-0.05, 0) is 55.3 Å². The Balaban J connectivity index is 1.94. The third-order valence-corrected chi connectivity index (χ3v) is 5.67. The van der Waals surface area contributed by atoms with E-state index in [1.807, 2.05) is 0 Å². The number of rotatable bonds is 3. The zero-order chi connectivity index (χ0) is 12.0. The van der Waals surface area contributed by atoms with Crippen LogP contribution < -0.4 is 0 Å². The van der Waals surface area contributed by atoms with Gasteiger partial charge in [0, 0.05) is 0 Å². The van der Waals surface area contributed by atoms with Gasteiger partial charge < -0.3 is 0 Å². The molecular weight excluding hydrogens is 194 g/mol. The molecule has 2 aliphatic carbocycles. The molecule has 16 heavy (non-hydrogen) atoms. The van der Waals surface area contributed by atoms with E-state index in [0.29, 0.717) is 5.41 Å². The van der Waals surface area contributed by atoms with Gasteiger partial charge in [-0.1, -0.05) is 27.7 Å². The molecule has 0 bridgehead atoms. The molecule has 0 aromatic rings. The van der Waals surface area contributed by atoms with E-state index in [4.69, 9.17) is 0 Å². The van der Waals surface area contributed by atoms with Crippen LogP contribution in [0.5, 0.6) is 0 Å². The topological polar surface area (TPSA) is 23.8 Å². The molecule has 2 saturated carbocycles. The predicted octanol–water partition coefficient (Wildman–Crippen LogP) is 4.39. The van der Waals surface area contributed by atoms with E-state index in [-0.39, 0.29) is 5.41 Å². The quantitative estimate of drug-likeness (QED) is 0.690. The summed E-state index contributed by atoms with van der Waals surface area (Å²) in [6.07, 6.45) is 6.16. The van der Waals surface area contributed by atoms with Crippen molar-refractivity contribution in [1.29, 1.82) is 5.26 Å². The number of hydrogen-bond donors (Lipinski definition) is 0. The Hall–Kier alpha value is -0.510. The summed E-state index contributed by atoms with van der Waals surface area (Å²) in [4.78, 5) is 0. The minimum absolute atomic E-state index is 0.0390. The highest BCUT2D eigenvalue weighted by molar-refractivity contribution is 5.11. The zero-order valence-corrected chi connectivity index (χ0v) is 11.2. The molecule has 0 spiro atoms. The molecule has 2 aliphatic rings. The van der Waals surface area contributed by atoms with E-state index in [9.17, 15) is 5.26 Å². The second-order valence-corrected chi connectivity index (χ2v) is 6.95. The molecule has 90 valence electrons. The first-order valence-electron chi connectivity index (χ1n) is 6.85. The number of nitrogens with zero attached hydrogens (tertiary/aromatic N) is 1. The summed E-state index contributed by atoms with van der Waals surface area (Å²) in [6.45, 7) is 9.40. The maximum absolute atomic E-state index is 9.22. The Morgan fingerprint density at radius 1 is 1.25 bits per heavy atom. The van der Waals surface area contributed by atoms with Crippen LogP contribution in [0.2, 0.25) is 0 Å². The molecule has 0 aromatic carbocycles. The third kappa shape index (κ3) is 1.67. The highest BCUT2D eigenvalue weighted by Crippen LogP contribution is 2.60. The van der Waals surface area contributed by atoms with Crippen LogP contribution in [0.3, 0.4) is 0 Å². The van der Waals surface area contributed by atoms with Crippen LogP contribution in [0.4, 0.5) is 0 Å².